The third-order valence-electron chi connectivity index (χ3n) is 3.36. The van der Waals surface area contributed by atoms with Crippen molar-refractivity contribution in [3.63, 3.8) is 0 Å². The number of nitrogens with two attached hydrogens (primary N) is 1. The Balaban J connectivity index is 2.42. The lowest BCUT2D eigenvalue weighted by atomic mass is 10.1. The molecule has 0 saturated carbocycles. The van der Waals surface area contributed by atoms with Crippen molar-refractivity contribution in [1.29, 1.82) is 0 Å². The number of aryl methyl sites for hydroxylation is 2. The monoisotopic (exact) mass is 307 g/mol. The average Bonchev–Trinajstić information content (AvgIpc) is 2.40. The minimum Gasteiger partial charge on any atom is -0.326 e. The van der Waals surface area contributed by atoms with Gasteiger partial charge in [0, 0.05) is 12.1 Å². The lowest BCUT2D eigenvalue weighted by Crippen LogP contribution is -2.09. The van der Waals surface area contributed by atoms with Crippen LogP contribution in [0.25, 0.3) is 0 Å². The Morgan fingerprint density at radius 1 is 1.10 bits per heavy atom. The van der Waals surface area contributed by atoms with E-state index in [0.29, 0.717) is 11.1 Å². The largest absolute Gasteiger partial charge is 0.326 e. The van der Waals surface area contributed by atoms with Gasteiger partial charge in [0.25, 0.3) is 0 Å². The van der Waals surface area contributed by atoms with E-state index in [0.717, 1.165) is 5.56 Å². The van der Waals surface area contributed by atoms with Gasteiger partial charge in [0.1, 0.15) is 5.82 Å². The molecule has 0 unspecified atom stereocenters. The summed E-state index contributed by atoms with van der Waals surface area (Å²) in [6, 6.07) is 9.45. The summed E-state index contributed by atoms with van der Waals surface area (Å²) in [5, 5.41) is 0. The molecular weight excluding hydrogens is 289 g/mol. The van der Waals surface area contributed by atoms with Crippen LogP contribution in [0.3, 0.4) is 0 Å². The molecule has 0 aliphatic carbocycles. The van der Waals surface area contributed by atoms with Crippen molar-refractivity contribution in [2.24, 2.45) is 5.73 Å². The fraction of sp³-hybridized carbons (Fsp3) is 0.250. The number of rotatable bonds is 4. The topological polar surface area (TPSA) is 60.2 Å². The van der Waals surface area contributed by atoms with Crippen LogP contribution in [-0.2, 0) is 22.1 Å². The molecule has 2 aromatic rings. The molecule has 0 heterocycles. The summed E-state index contributed by atoms with van der Waals surface area (Å²) in [5.74, 6) is -0.892. The van der Waals surface area contributed by atoms with E-state index in [4.69, 9.17) is 5.73 Å². The number of halogens is 1. The molecule has 0 aromatic heterocycles. The van der Waals surface area contributed by atoms with Crippen LogP contribution in [0.4, 0.5) is 4.39 Å². The highest BCUT2D eigenvalue weighted by Crippen LogP contribution is 2.23. The predicted octanol–water partition coefficient (Wildman–Crippen LogP) is 2.88. The SMILES string of the molecule is Cc1ccc(S(=O)(=O)Cc2cc(CN)ccc2F)c(C)c1. The predicted molar refractivity (Wildman–Crippen MR) is 81.1 cm³/mol. The number of benzene rings is 2. The van der Waals surface area contributed by atoms with Crippen molar-refractivity contribution in [1.82, 2.24) is 0 Å². The van der Waals surface area contributed by atoms with Gasteiger partial charge in [0.15, 0.2) is 9.84 Å². The molecule has 0 bridgehead atoms. The molecule has 112 valence electrons. The molecule has 21 heavy (non-hydrogen) atoms. The summed E-state index contributed by atoms with van der Waals surface area (Å²) >= 11 is 0. The number of hydrogen-bond donors (Lipinski definition) is 1. The number of sulfone groups is 1. The molecule has 0 fully saturated rings. The van der Waals surface area contributed by atoms with Gasteiger partial charge in [-0.2, -0.15) is 0 Å². The van der Waals surface area contributed by atoms with E-state index in [2.05, 4.69) is 0 Å². The molecule has 0 saturated heterocycles. The first-order chi connectivity index (χ1) is 9.83. The highest BCUT2D eigenvalue weighted by molar-refractivity contribution is 7.90. The quantitative estimate of drug-likeness (QED) is 0.945. The third-order valence-corrected chi connectivity index (χ3v) is 5.18. The van der Waals surface area contributed by atoms with Gasteiger partial charge in [-0.15, -0.1) is 0 Å². The van der Waals surface area contributed by atoms with Crippen LogP contribution < -0.4 is 5.73 Å². The summed E-state index contributed by atoms with van der Waals surface area (Å²) in [4.78, 5) is 0.241. The van der Waals surface area contributed by atoms with Gasteiger partial charge in [-0.05, 0) is 37.1 Å². The minimum absolute atomic E-state index is 0.151. The van der Waals surface area contributed by atoms with Crippen molar-refractivity contribution in [3.05, 3.63) is 64.5 Å². The zero-order valence-corrected chi connectivity index (χ0v) is 12.9. The van der Waals surface area contributed by atoms with E-state index < -0.39 is 15.7 Å². The van der Waals surface area contributed by atoms with Gasteiger partial charge in [-0.1, -0.05) is 29.8 Å². The maximum absolute atomic E-state index is 13.8. The second kappa shape index (κ2) is 5.95. The zero-order chi connectivity index (χ0) is 15.6. The standard InChI is InChI=1S/C16H18FNO2S/c1-11-3-6-16(12(2)7-11)21(19,20)10-14-8-13(9-18)4-5-15(14)17/h3-8H,9-10,18H2,1-2H3. The van der Waals surface area contributed by atoms with Crippen LogP contribution in [0.5, 0.6) is 0 Å². The average molecular weight is 307 g/mol. The zero-order valence-electron chi connectivity index (χ0n) is 12.1. The molecule has 2 rings (SSSR count). The molecule has 2 N–H and O–H groups in total. The van der Waals surface area contributed by atoms with Gasteiger partial charge in [0.2, 0.25) is 0 Å². The molecule has 0 spiro atoms. The van der Waals surface area contributed by atoms with Crippen LogP contribution in [0.2, 0.25) is 0 Å². The molecular formula is C16H18FNO2S. The Hall–Kier alpha value is -1.72. The van der Waals surface area contributed by atoms with Gasteiger partial charge >= 0.3 is 0 Å². The molecule has 0 atom stereocenters. The van der Waals surface area contributed by atoms with Gasteiger partial charge in [-0.3, -0.25) is 0 Å². The van der Waals surface area contributed by atoms with Crippen molar-refractivity contribution in [2.45, 2.75) is 31.0 Å². The van der Waals surface area contributed by atoms with E-state index in [-0.39, 0.29) is 22.8 Å². The maximum Gasteiger partial charge on any atom is 0.182 e. The highest BCUT2D eigenvalue weighted by Gasteiger charge is 2.20. The Labute approximate surface area is 124 Å². The third kappa shape index (κ3) is 3.49. The van der Waals surface area contributed by atoms with E-state index in [1.807, 2.05) is 6.92 Å². The second-order valence-corrected chi connectivity index (χ2v) is 7.12. The summed E-state index contributed by atoms with van der Waals surface area (Å²) in [7, 11) is -3.59. The van der Waals surface area contributed by atoms with E-state index in [1.165, 1.54) is 12.1 Å². The first-order valence-corrected chi connectivity index (χ1v) is 8.26. The van der Waals surface area contributed by atoms with Gasteiger partial charge in [0.05, 0.1) is 10.6 Å². The summed E-state index contributed by atoms with van der Waals surface area (Å²) in [6.45, 7) is 3.89. The van der Waals surface area contributed by atoms with Crippen molar-refractivity contribution in [2.75, 3.05) is 0 Å². The van der Waals surface area contributed by atoms with Gasteiger partial charge in [-0.25, -0.2) is 12.8 Å². The van der Waals surface area contributed by atoms with Crippen LogP contribution >= 0.6 is 0 Å². The second-order valence-electron chi connectivity index (χ2n) is 5.16. The number of hydrogen-bond acceptors (Lipinski definition) is 3. The Morgan fingerprint density at radius 3 is 2.43 bits per heavy atom. The molecule has 2 aromatic carbocycles. The van der Waals surface area contributed by atoms with E-state index in [1.54, 1.807) is 31.2 Å². The Kier molecular flexibility index (Phi) is 4.44. The van der Waals surface area contributed by atoms with Crippen LogP contribution in [0, 0.1) is 19.7 Å². The van der Waals surface area contributed by atoms with Gasteiger partial charge < -0.3 is 5.73 Å². The molecule has 5 heteroatoms. The minimum atomic E-state index is -3.59. The van der Waals surface area contributed by atoms with Crippen LogP contribution in [0.1, 0.15) is 22.3 Å². The summed E-state index contributed by atoms with van der Waals surface area (Å²) in [6.07, 6.45) is 0. The van der Waals surface area contributed by atoms with Crippen LogP contribution in [0.15, 0.2) is 41.3 Å². The van der Waals surface area contributed by atoms with E-state index in [9.17, 15) is 12.8 Å². The van der Waals surface area contributed by atoms with E-state index >= 15 is 0 Å². The Bertz CT molecular complexity index is 770. The normalized spacial score (nSPS) is 11.6. The maximum atomic E-state index is 13.8. The van der Waals surface area contributed by atoms with Crippen molar-refractivity contribution >= 4 is 9.84 Å². The smallest absolute Gasteiger partial charge is 0.182 e. The highest BCUT2D eigenvalue weighted by atomic mass is 32.2. The lowest BCUT2D eigenvalue weighted by molar-refractivity contribution is 0.586. The molecule has 0 aliphatic rings. The summed E-state index contributed by atoms with van der Waals surface area (Å²) < 4.78 is 38.8. The fourth-order valence-corrected chi connectivity index (χ4v) is 3.91. The first-order valence-electron chi connectivity index (χ1n) is 6.61. The lowest BCUT2D eigenvalue weighted by Gasteiger charge is -2.10. The first kappa shape index (κ1) is 15.7. The molecule has 3 nitrogen and oxygen atoms in total. The molecule has 0 aliphatic heterocycles. The molecule has 0 radical (unpaired) electrons. The Morgan fingerprint density at radius 2 is 1.81 bits per heavy atom. The van der Waals surface area contributed by atoms with Crippen molar-refractivity contribution < 1.29 is 12.8 Å². The van der Waals surface area contributed by atoms with Crippen LogP contribution in [-0.4, -0.2) is 8.42 Å². The van der Waals surface area contributed by atoms with Crippen molar-refractivity contribution in [3.8, 4) is 0 Å². The fourth-order valence-electron chi connectivity index (χ4n) is 2.30. The molecule has 0 amide bonds. The summed E-state index contributed by atoms with van der Waals surface area (Å²) in [5.41, 5.74) is 8.03.